The highest BCUT2D eigenvalue weighted by atomic mass is 16.7. The summed E-state index contributed by atoms with van der Waals surface area (Å²) in [7, 11) is 0. The van der Waals surface area contributed by atoms with Gasteiger partial charge in [0.15, 0.2) is 6.29 Å². The van der Waals surface area contributed by atoms with Crippen LogP contribution in [0.15, 0.2) is 48.6 Å². The Bertz CT molecular complexity index is 1250. The fraction of sp³-hybridized carbons (Fsp3) is 0.821. The molecule has 1 aliphatic rings. The first-order valence-electron chi connectivity index (χ1n) is 27.4. The summed E-state index contributed by atoms with van der Waals surface area (Å²) in [4.78, 5) is 25.0. The van der Waals surface area contributed by atoms with Crippen molar-refractivity contribution >= 4 is 11.9 Å². The summed E-state index contributed by atoms with van der Waals surface area (Å²) in [5.74, 6) is -0.259. The number of amides is 1. The molecule has 0 aromatic heterocycles. The third-order valence-electron chi connectivity index (χ3n) is 12.7. The van der Waals surface area contributed by atoms with Gasteiger partial charge in [-0.25, -0.2) is 0 Å². The molecule has 0 bridgehead atoms. The minimum Gasteiger partial charge on any atom is -0.466 e. The zero-order valence-electron chi connectivity index (χ0n) is 42.6. The third-order valence-corrected chi connectivity index (χ3v) is 12.7. The third kappa shape index (κ3) is 36.3. The molecule has 0 aromatic carbocycles. The van der Waals surface area contributed by atoms with E-state index < -0.39 is 49.5 Å². The van der Waals surface area contributed by atoms with Gasteiger partial charge in [-0.3, -0.25) is 9.59 Å². The van der Waals surface area contributed by atoms with Crippen LogP contribution < -0.4 is 5.32 Å². The Balaban J connectivity index is 2.21. The van der Waals surface area contributed by atoms with E-state index in [1.165, 1.54) is 103 Å². The summed E-state index contributed by atoms with van der Waals surface area (Å²) in [5, 5.41) is 54.3. The predicted octanol–water partition coefficient (Wildman–Crippen LogP) is 11.7. The summed E-state index contributed by atoms with van der Waals surface area (Å²) in [6.45, 7) is 4.21. The van der Waals surface area contributed by atoms with Crippen molar-refractivity contribution in [3.05, 3.63) is 48.6 Å². The number of allylic oxidation sites excluding steroid dienone is 7. The van der Waals surface area contributed by atoms with Gasteiger partial charge in [-0.15, -0.1) is 0 Å². The Morgan fingerprint density at radius 3 is 1.57 bits per heavy atom. The normalized spacial score (nSPS) is 19.9. The minimum absolute atomic E-state index is 0.0528. The number of esters is 1. The molecule has 11 nitrogen and oxygen atoms in total. The Kier molecular flexibility index (Phi) is 43.0. The number of hydrogen-bond acceptors (Lipinski definition) is 10. The Hall–Kier alpha value is -2.38. The molecular weight excluding hydrogens is 847 g/mol. The molecule has 6 N–H and O–H groups in total. The maximum absolute atomic E-state index is 13.0. The van der Waals surface area contributed by atoms with E-state index in [1.54, 1.807) is 6.08 Å². The topological polar surface area (TPSA) is 175 Å². The lowest BCUT2D eigenvalue weighted by molar-refractivity contribution is -0.302. The zero-order chi connectivity index (χ0) is 48.8. The summed E-state index contributed by atoms with van der Waals surface area (Å²) in [6, 6.07) is -0.827. The molecule has 0 aliphatic carbocycles. The lowest BCUT2D eigenvalue weighted by atomic mass is 9.99. The van der Waals surface area contributed by atoms with Crippen molar-refractivity contribution in [3.8, 4) is 0 Å². The van der Waals surface area contributed by atoms with Gasteiger partial charge in [0, 0.05) is 12.8 Å². The average Bonchev–Trinajstić information content (AvgIpc) is 3.32. The number of rotatable bonds is 46. The Morgan fingerprint density at radius 2 is 1.01 bits per heavy atom. The second-order valence-electron chi connectivity index (χ2n) is 19.0. The minimum atomic E-state index is -1.58. The van der Waals surface area contributed by atoms with E-state index in [1.807, 2.05) is 6.08 Å². The van der Waals surface area contributed by atoms with Gasteiger partial charge in [0.25, 0.3) is 0 Å². The van der Waals surface area contributed by atoms with E-state index in [2.05, 4.69) is 55.6 Å². The first kappa shape index (κ1) is 62.6. The molecule has 0 radical (unpaired) electrons. The quantitative estimate of drug-likeness (QED) is 0.0149. The van der Waals surface area contributed by atoms with Crippen LogP contribution in [0.1, 0.15) is 232 Å². The highest BCUT2D eigenvalue weighted by Crippen LogP contribution is 2.23. The molecule has 0 saturated carbocycles. The van der Waals surface area contributed by atoms with Crippen LogP contribution in [0.4, 0.5) is 0 Å². The lowest BCUT2D eigenvalue weighted by Crippen LogP contribution is -2.60. The second kappa shape index (κ2) is 46.0. The van der Waals surface area contributed by atoms with Crippen molar-refractivity contribution in [1.82, 2.24) is 5.32 Å². The predicted molar refractivity (Wildman–Crippen MR) is 274 cm³/mol. The molecule has 1 fully saturated rings. The molecule has 1 amide bonds. The number of aliphatic hydroxyl groups is 5. The maximum Gasteiger partial charge on any atom is 0.305 e. The van der Waals surface area contributed by atoms with E-state index in [0.29, 0.717) is 19.4 Å². The monoisotopic (exact) mass is 948 g/mol. The van der Waals surface area contributed by atoms with Gasteiger partial charge < -0.3 is 45.1 Å². The van der Waals surface area contributed by atoms with Crippen molar-refractivity contribution in [2.75, 3.05) is 19.8 Å². The summed E-state index contributed by atoms with van der Waals surface area (Å²) >= 11 is 0. The number of unbranched alkanes of at least 4 members (excludes halogenated alkanes) is 27. The average molecular weight is 948 g/mol. The van der Waals surface area contributed by atoms with Crippen LogP contribution in [-0.4, -0.2) is 100 Å². The van der Waals surface area contributed by atoms with Crippen LogP contribution in [0, 0.1) is 0 Å². The summed E-state index contributed by atoms with van der Waals surface area (Å²) in [5.41, 5.74) is 0. The van der Waals surface area contributed by atoms with Crippen molar-refractivity contribution in [2.24, 2.45) is 0 Å². The molecule has 1 saturated heterocycles. The number of carbonyl (C=O) groups is 2. The van der Waals surface area contributed by atoms with E-state index in [0.717, 1.165) is 103 Å². The molecule has 1 heterocycles. The van der Waals surface area contributed by atoms with Gasteiger partial charge in [0.05, 0.1) is 32.0 Å². The summed E-state index contributed by atoms with van der Waals surface area (Å²) in [6.07, 6.45) is 46.1. The van der Waals surface area contributed by atoms with Crippen LogP contribution in [0.5, 0.6) is 0 Å². The molecule has 0 aromatic rings. The number of nitrogens with one attached hydrogen (secondary N) is 1. The molecule has 11 heteroatoms. The van der Waals surface area contributed by atoms with Crippen LogP contribution in [0.3, 0.4) is 0 Å². The molecule has 67 heavy (non-hydrogen) atoms. The number of hydrogen-bond donors (Lipinski definition) is 6. The van der Waals surface area contributed by atoms with Crippen molar-refractivity contribution in [3.63, 3.8) is 0 Å². The molecule has 0 spiro atoms. The van der Waals surface area contributed by atoms with Crippen LogP contribution >= 0.6 is 0 Å². The number of ether oxygens (including phenoxy) is 3. The van der Waals surface area contributed by atoms with Gasteiger partial charge in [0.1, 0.15) is 24.4 Å². The zero-order valence-corrected chi connectivity index (χ0v) is 42.6. The van der Waals surface area contributed by atoms with E-state index in [4.69, 9.17) is 14.2 Å². The molecule has 390 valence electrons. The number of carbonyl (C=O) groups excluding carboxylic acids is 2. The van der Waals surface area contributed by atoms with Crippen LogP contribution in [0.2, 0.25) is 0 Å². The van der Waals surface area contributed by atoms with Gasteiger partial charge in [-0.05, 0) is 83.5 Å². The maximum atomic E-state index is 13.0. The van der Waals surface area contributed by atoms with E-state index in [9.17, 15) is 35.1 Å². The van der Waals surface area contributed by atoms with Crippen molar-refractivity contribution in [1.29, 1.82) is 0 Å². The molecule has 1 rings (SSSR count). The lowest BCUT2D eigenvalue weighted by Gasteiger charge is -2.40. The molecular formula is C56H101NO10. The first-order valence-corrected chi connectivity index (χ1v) is 27.4. The van der Waals surface area contributed by atoms with Crippen LogP contribution in [0.25, 0.3) is 0 Å². The fourth-order valence-electron chi connectivity index (χ4n) is 8.23. The van der Waals surface area contributed by atoms with Crippen molar-refractivity contribution in [2.45, 2.75) is 275 Å². The SMILES string of the molecule is CCCC/C=C\CCCCCCCC(=O)OCCCCC/C=C\C=C/CCCCCCCCC(=O)NC(COC1OC(CO)C(O)C(O)C1O)C(O)/C=C/CCCCCCCCCCCCC. The Morgan fingerprint density at radius 1 is 0.552 bits per heavy atom. The summed E-state index contributed by atoms with van der Waals surface area (Å²) < 4.78 is 16.6. The highest BCUT2D eigenvalue weighted by molar-refractivity contribution is 5.76. The first-order chi connectivity index (χ1) is 32.7. The van der Waals surface area contributed by atoms with Crippen molar-refractivity contribution < 1.29 is 49.3 Å². The van der Waals surface area contributed by atoms with Gasteiger partial charge in [0.2, 0.25) is 5.91 Å². The van der Waals surface area contributed by atoms with Crippen LogP contribution in [-0.2, 0) is 23.8 Å². The molecule has 7 unspecified atom stereocenters. The fourth-order valence-corrected chi connectivity index (χ4v) is 8.23. The number of aliphatic hydroxyl groups excluding tert-OH is 5. The Labute approximate surface area is 408 Å². The van der Waals surface area contributed by atoms with Gasteiger partial charge in [-0.1, -0.05) is 184 Å². The largest absolute Gasteiger partial charge is 0.466 e. The van der Waals surface area contributed by atoms with E-state index in [-0.39, 0.29) is 18.5 Å². The molecule has 7 atom stereocenters. The second-order valence-corrected chi connectivity index (χ2v) is 19.0. The van der Waals surface area contributed by atoms with Gasteiger partial charge >= 0.3 is 5.97 Å². The van der Waals surface area contributed by atoms with E-state index >= 15 is 0 Å². The standard InChI is InChI=1S/C56H101NO10/c1-3-5-7-9-11-13-15-19-23-26-30-34-38-42-49(59)48(47-66-56-55(64)54(63)53(62)50(46-58)67-56)57-51(60)43-39-35-31-27-24-20-17-16-18-21-25-29-33-37-41-45-65-52(61)44-40-36-32-28-22-14-12-10-8-6-4-2/h10,12,16,18,21,25,38,42,48-50,53-56,58-59,62-64H,3-9,11,13-15,17,19-20,22-24,26-37,39-41,43-47H2,1-2H3,(H,57,60)/b12-10-,18-16-,25-21-,42-38+. The molecule has 1 aliphatic heterocycles. The smallest absolute Gasteiger partial charge is 0.305 e. The van der Waals surface area contributed by atoms with Gasteiger partial charge in [-0.2, -0.15) is 0 Å². The highest BCUT2D eigenvalue weighted by Gasteiger charge is 2.44.